The van der Waals surface area contributed by atoms with Gasteiger partial charge in [0.1, 0.15) is 0 Å². The molecule has 0 spiro atoms. The molecule has 0 unspecified atom stereocenters. The number of aryl methyl sites for hydroxylation is 2. The van der Waals surface area contributed by atoms with E-state index in [0.717, 1.165) is 83.5 Å². The van der Waals surface area contributed by atoms with E-state index in [4.69, 9.17) is 19.9 Å². The van der Waals surface area contributed by atoms with E-state index in [1.165, 1.54) is 0 Å². The molecule has 0 aliphatic rings. The van der Waals surface area contributed by atoms with Gasteiger partial charge in [0, 0.05) is 51.2 Å². The fraction of sp³-hybridized carbons (Fsp3) is 0.0488. The van der Waals surface area contributed by atoms with Crippen LogP contribution in [0.25, 0.3) is 78.0 Å². The molecule has 0 amide bonds. The van der Waals surface area contributed by atoms with Gasteiger partial charge in [-0.25, -0.2) is 9.97 Å². The van der Waals surface area contributed by atoms with E-state index in [1.54, 1.807) is 12.4 Å². The maximum Gasteiger partial charge on any atom is 0.160 e. The van der Waals surface area contributed by atoms with Crippen LogP contribution in [0.15, 0.2) is 140 Å². The predicted octanol–water partition coefficient (Wildman–Crippen LogP) is 9.92. The van der Waals surface area contributed by atoms with Gasteiger partial charge in [0.15, 0.2) is 5.82 Å². The first kappa shape index (κ1) is 27.5. The standard InChI is InChI=1S/C41H29N5/c1-26-8-9-33-18-19-35-36(24-27(2)44-40(35)39(33)43-26)30-14-10-28(11-15-30)29-12-16-32(17-13-29)38-25-37(31-6-4-3-5-7-31)45-41(46-38)34-20-22-42-23-21-34/h3-25H,1-2H3. The van der Waals surface area contributed by atoms with Gasteiger partial charge in [-0.1, -0.05) is 97.1 Å². The van der Waals surface area contributed by atoms with Crippen molar-refractivity contribution in [1.29, 1.82) is 0 Å². The number of pyridine rings is 3. The molecule has 4 aromatic heterocycles. The van der Waals surface area contributed by atoms with Crippen LogP contribution in [0.4, 0.5) is 0 Å². The van der Waals surface area contributed by atoms with Crippen LogP contribution >= 0.6 is 0 Å². The maximum atomic E-state index is 4.95. The predicted molar refractivity (Wildman–Crippen MR) is 187 cm³/mol. The zero-order valence-corrected chi connectivity index (χ0v) is 25.5. The Bertz CT molecular complexity index is 2290. The highest BCUT2D eigenvalue weighted by Crippen LogP contribution is 2.34. The number of rotatable bonds is 5. The van der Waals surface area contributed by atoms with Crippen molar-refractivity contribution in [3.63, 3.8) is 0 Å². The molecule has 5 heteroatoms. The molecule has 5 nitrogen and oxygen atoms in total. The molecule has 0 saturated heterocycles. The molecule has 0 aliphatic carbocycles. The van der Waals surface area contributed by atoms with Crippen LogP contribution in [-0.2, 0) is 0 Å². The third-order valence-electron chi connectivity index (χ3n) is 8.35. The van der Waals surface area contributed by atoms with E-state index in [-0.39, 0.29) is 0 Å². The number of hydrogen-bond acceptors (Lipinski definition) is 5. The summed E-state index contributed by atoms with van der Waals surface area (Å²) in [5, 5.41) is 2.21. The molecule has 0 N–H and O–H groups in total. The minimum atomic E-state index is 0.677. The molecule has 0 fully saturated rings. The number of hydrogen-bond donors (Lipinski definition) is 0. The third kappa shape index (κ3) is 5.18. The van der Waals surface area contributed by atoms with Gasteiger partial charge in [0.05, 0.1) is 22.4 Å². The second kappa shape index (κ2) is 11.5. The number of benzene rings is 4. The molecular weight excluding hydrogens is 562 g/mol. The van der Waals surface area contributed by atoms with Gasteiger partial charge in [0.2, 0.25) is 0 Å². The van der Waals surface area contributed by atoms with Crippen LogP contribution in [-0.4, -0.2) is 24.9 Å². The Kier molecular flexibility index (Phi) is 6.84. The lowest BCUT2D eigenvalue weighted by Crippen LogP contribution is -1.96. The topological polar surface area (TPSA) is 64.5 Å². The van der Waals surface area contributed by atoms with Crippen molar-refractivity contribution in [2.75, 3.05) is 0 Å². The molecule has 0 aliphatic heterocycles. The summed E-state index contributed by atoms with van der Waals surface area (Å²) in [7, 11) is 0. The van der Waals surface area contributed by atoms with E-state index < -0.39 is 0 Å². The van der Waals surface area contributed by atoms with Gasteiger partial charge in [-0.2, -0.15) is 0 Å². The summed E-state index contributed by atoms with van der Waals surface area (Å²) in [6.07, 6.45) is 3.54. The molecule has 218 valence electrons. The highest BCUT2D eigenvalue weighted by molar-refractivity contribution is 6.08. The van der Waals surface area contributed by atoms with E-state index in [9.17, 15) is 0 Å². The molecule has 0 saturated carbocycles. The zero-order valence-electron chi connectivity index (χ0n) is 25.5. The SMILES string of the molecule is Cc1ccc2ccc3c(-c4ccc(-c5ccc(-c6cc(-c7ccccc7)nc(-c7ccncc7)n6)cc5)cc4)cc(C)nc3c2n1. The van der Waals surface area contributed by atoms with Crippen molar-refractivity contribution in [3.05, 3.63) is 151 Å². The first-order valence-corrected chi connectivity index (χ1v) is 15.3. The molecular formula is C41H29N5. The Hall–Kier alpha value is -6.07. The molecule has 8 rings (SSSR count). The highest BCUT2D eigenvalue weighted by atomic mass is 14.9. The summed E-state index contributed by atoms with van der Waals surface area (Å²) in [6.45, 7) is 4.07. The van der Waals surface area contributed by atoms with E-state index >= 15 is 0 Å². The van der Waals surface area contributed by atoms with Crippen LogP contribution in [0.1, 0.15) is 11.4 Å². The Labute approximate surface area is 267 Å². The average molecular weight is 592 g/mol. The van der Waals surface area contributed by atoms with Gasteiger partial charge in [-0.05, 0) is 66.4 Å². The second-order valence-corrected chi connectivity index (χ2v) is 11.5. The maximum absolute atomic E-state index is 4.95. The first-order chi connectivity index (χ1) is 22.6. The third-order valence-corrected chi connectivity index (χ3v) is 8.35. The Balaban J connectivity index is 1.13. The zero-order chi connectivity index (χ0) is 31.0. The van der Waals surface area contributed by atoms with Gasteiger partial charge in [0.25, 0.3) is 0 Å². The van der Waals surface area contributed by atoms with Gasteiger partial charge in [-0.15, -0.1) is 0 Å². The summed E-state index contributed by atoms with van der Waals surface area (Å²) in [4.78, 5) is 23.7. The lowest BCUT2D eigenvalue weighted by Gasteiger charge is -2.12. The largest absolute Gasteiger partial charge is 0.265 e. The van der Waals surface area contributed by atoms with E-state index in [2.05, 4.69) is 96.0 Å². The van der Waals surface area contributed by atoms with Crippen molar-refractivity contribution < 1.29 is 0 Å². The molecule has 0 atom stereocenters. The summed E-state index contributed by atoms with van der Waals surface area (Å²) in [5.41, 5.74) is 13.3. The summed E-state index contributed by atoms with van der Waals surface area (Å²) in [5.74, 6) is 0.677. The molecule has 4 heterocycles. The number of aromatic nitrogens is 5. The fourth-order valence-electron chi connectivity index (χ4n) is 5.99. The summed E-state index contributed by atoms with van der Waals surface area (Å²) in [6, 6.07) is 44.2. The monoisotopic (exact) mass is 591 g/mol. The smallest absolute Gasteiger partial charge is 0.160 e. The van der Waals surface area contributed by atoms with Crippen LogP contribution in [0, 0.1) is 13.8 Å². The van der Waals surface area contributed by atoms with Gasteiger partial charge >= 0.3 is 0 Å². The Morgan fingerprint density at radius 3 is 1.70 bits per heavy atom. The molecule has 8 aromatic rings. The quantitative estimate of drug-likeness (QED) is 0.186. The average Bonchev–Trinajstić information content (AvgIpc) is 3.12. The lowest BCUT2D eigenvalue weighted by atomic mass is 9.96. The molecule has 46 heavy (non-hydrogen) atoms. The highest BCUT2D eigenvalue weighted by Gasteiger charge is 2.13. The minimum absolute atomic E-state index is 0.677. The Morgan fingerprint density at radius 2 is 1.00 bits per heavy atom. The second-order valence-electron chi connectivity index (χ2n) is 11.5. The number of nitrogens with zero attached hydrogens (tertiary/aromatic N) is 5. The van der Waals surface area contributed by atoms with Gasteiger partial charge in [-0.3, -0.25) is 15.0 Å². The summed E-state index contributed by atoms with van der Waals surface area (Å²) < 4.78 is 0. The van der Waals surface area contributed by atoms with Crippen LogP contribution < -0.4 is 0 Å². The van der Waals surface area contributed by atoms with E-state index in [0.29, 0.717) is 5.82 Å². The first-order valence-electron chi connectivity index (χ1n) is 15.3. The summed E-state index contributed by atoms with van der Waals surface area (Å²) >= 11 is 0. The van der Waals surface area contributed by atoms with Crippen LogP contribution in [0.5, 0.6) is 0 Å². The molecule has 0 radical (unpaired) electrons. The van der Waals surface area contributed by atoms with Crippen molar-refractivity contribution in [2.45, 2.75) is 13.8 Å². The molecule has 0 bridgehead atoms. The van der Waals surface area contributed by atoms with Crippen molar-refractivity contribution in [1.82, 2.24) is 24.9 Å². The normalized spacial score (nSPS) is 11.3. The lowest BCUT2D eigenvalue weighted by molar-refractivity contribution is 1.18. The van der Waals surface area contributed by atoms with Crippen molar-refractivity contribution in [2.24, 2.45) is 0 Å². The van der Waals surface area contributed by atoms with Crippen LogP contribution in [0.2, 0.25) is 0 Å². The van der Waals surface area contributed by atoms with Crippen LogP contribution in [0.3, 0.4) is 0 Å². The minimum Gasteiger partial charge on any atom is -0.265 e. The van der Waals surface area contributed by atoms with Gasteiger partial charge < -0.3 is 0 Å². The Morgan fingerprint density at radius 1 is 0.413 bits per heavy atom. The molecule has 4 aromatic carbocycles. The fourth-order valence-corrected chi connectivity index (χ4v) is 5.99. The van der Waals surface area contributed by atoms with E-state index in [1.807, 2.05) is 50.2 Å². The van der Waals surface area contributed by atoms with Crippen molar-refractivity contribution >= 4 is 21.8 Å². The number of fused-ring (bicyclic) bond motifs is 3. The van der Waals surface area contributed by atoms with Crippen molar-refractivity contribution in [3.8, 4) is 56.2 Å².